The maximum atomic E-state index is 6.44. The Balaban J connectivity index is 0.996. The Morgan fingerprint density at radius 1 is 0.305 bits per heavy atom. The lowest BCUT2D eigenvalue weighted by Crippen LogP contribution is -2.10. The van der Waals surface area contributed by atoms with Crippen molar-refractivity contribution in [2.24, 2.45) is 0 Å². The van der Waals surface area contributed by atoms with Gasteiger partial charge in [0.25, 0.3) is 0 Å². The van der Waals surface area contributed by atoms with Crippen molar-refractivity contribution in [3.05, 3.63) is 212 Å². The predicted molar refractivity (Wildman–Crippen MR) is 247 cm³/mol. The van der Waals surface area contributed by atoms with Crippen LogP contribution >= 0.6 is 0 Å². The smallest absolute Gasteiger partial charge is 0.143 e. The molecule has 0 amide bonds. The zero-order valence-electron chi connectivity index (χ0n) is 32.0. The van der Waals surface area contributed by atoms with E-state index in [1.165, 1.54) is 49.2 Å². The highest BCUT2D eigenvalue weighted by Crippen LogP contribution is 2.44. The molecule has 0 N–H and O–H groups in total. The van der Waals surface area contributed by atoms with Crippen molar-refractivity contribution in [3.8, 4) is 33.4 Å². The zero-order valence-corrected chi connectivity index (χ0v) is 32.0. The lowest BCUT2D eigenvalue weighted by atomic mass is 9.93. The van der Waals surface area contributed by atoms with Gasteiger partial charge in [0.1, 0.15) is 22.3 Å². The maximum absolute atomic E-state index is 6.44. The first-order valence-corrected chi connectivity index (χ1v) is 20.1. The summed E-state index contributed by atoms with van der Waals surface area (Å²) in [5.41, 5.74) is 13.8. The molecule has 276 valence electrons. The van der Waals surface area contributed by atoms with Gasteiger partial charge in [0.2, 0.25) is 0 Å². The van der Waals surface area contributed by atoms with Crippen molar-refractivity contribution in [1.82, 2.24) is 0 Å². The molecule has 0 spiro atoms. The quantitative estimate of drug-likeness (QED) is 0.169. The molecule has 0 fully saturated rings. The SMILES string of the molecule is c1ccc(-c2ccc(N(c3ccc(-c4cccc5c4oc4ccccc45)cc3)c3ccc(-c4ccc5c(ccc6oc7ccccc7c65)c4)c4ccccc34)cc2)cc1. The third-order valence-corrected chi connectivity index (χ3v) is 11.9. The van der Waals surface area contributed by atoms with Gasteiger partial charge in [-0.2, -0.15) is 0 Å². The molecule has 0 aliphatic rings. The van der Waals surface area contributed by atoms with Crippen LogP contribution in [0.2, 0.25) is 0 Å². The van der Waals surface area contributed by atoms with Gasteiger partial charge in [0.15, 0.2) is 0 Å². The van der Waals surface area contributed by atoms with Gasteiger partial charge in [-0.3, -0.25) is 0 Å². The van der Waals surface area contributed by atoms with E-state index in [0.29, 0.717) is 0 Å². The number of nitrogens with zero attached hydrogens (tertiary/aromatic N) is 1. The van der Waals surface area contributed by atoms with Crippen LogP contribution in [0.25, 0.3) is 98.8 Å². The number of anilines is 3. The summed E-state index contributed by atoms with van der Waals surface area (Å²) >= 11 is 0. The van der Waals surface area contributed by atoms with Crippen LogP contribution in [-0.4, -0.2) is 0 Å². The second-order valence-corrected chi connectivity index (χ2v) is 15.2. The Labute approximate surface area is 340 Å². The molecule has 2 heterocycles. The van der Waals surface area contributed by atoms with Crippen LogP contribution in [0.5, 0.6) is 0 Å². The normalized spacial score (nSPS) is 11.7. The molecule has 3 nitrogen and oxygen atoms in total. The zero-order chi connectivity index (χ0) is 38.9. The van der Waals surface area contributed by atoms with Crippen molar-refractivity contribution in [2.45, 2.75) is 0 Å². The molecule has 0 unspecified atom stereocenters. The summed E-state index contributed by atoms with van der Waals surface area (Å²) in [6.45, 7) is 0. The standard InChI is InChI=1S/C56H35NO2/c1-2-11-36(12-3-1)37-21-27-41(28-22-37)57(42-29-23-38(24-30-42)45-17-10-18-49-48-15-6-8-19-52(48)59-56(45)49)51-33-32-43(46-13-4-5-14-47(46)51)39-25-31-44-40(35-39)26-34-54-55(44)50-16-7-9-20-53(50)58-54/h1-35H. The molecule has 59 heavy (non-hydrogen) atoms. The van der Waals surface area contributed by atoms with E-state index in [9.17, 15) is 0 Å². The van der Waals surface area contributed by atoms with Crippen molar-refractivity contribution in [1.29, 1.82) is 0 Å². The second kappa shape index (κ2) is 13.4. The molecule has 0 saturated carbocycles. The highest BCUT2D eigenvalue weighted by molar-refractivity contribution is 6.19. The topological polar surface area (TPSA) is 29.5 Å². The summed E-state index contributed by atoms with van der Waals surface area (Å²) in [4.78, 5) is 2.38. The van der Waals surface area contributed by atoms with Gasteiger partial charge < -0.3 is 13.7 Å². The number of fused-ring (bicyclic) bond motifs is 9. The average Bonchev–Trinajstić information content (AvgIpc) is 3.89. The Morgan fingerprint density at radius 3 is 1.69 bits per heavy atom. The molecular formula is C56H35NO2. The van der Waals surface area contributed by atoms with Gasteiger partial charge in [-0.1, -0.05) is 158 Å². The number of furan rings is 2. The Bertz CT molecular complexity index is 3540. The summed E-state index contributed by atoms with van der Waals surface area (Å²) in [7, 11) is 0. The first-order chi connectivity index (χ1) is 29.2. The average molecular weight is 754 g/mol. The summed E-state index contributed by atoms with van der Waals surface area (Å²) < 4.78 is 12.7. The molecule has 0 atom stereocenters. The first kappa shape index (κ1) is 33.3. The van der Waals surface area contributed by atoms with E-state index in [0.717, 1.165) is 66.7 Å². The fourth-order valence-corrected chi connectivity index (χ4v) is 9.08. The van der Waals surface area contributed by atoms with E-state index >= 15 is 0 Å². The Morgan fingerprint density at radius 2 is 0.915 bits per heavy atom. The third-order valence-electron chi connectivity index (χ3n) is 11.9. The van der Waals surface area contributed by atoms with Crippen LogP contribution in [0.4, 0.5) is 17.1 Å². The highest BCUT2D eigenvalue weighted by Gasteiger charge is 2.19. The van der Waals surface area contributed by atoms with Crippen LogP contribution in [0, 0.1) is 0 Å². The lowest BCUT2D eigenvalue weighted by molar-refractivity contribution is 0.669. The van der Waals surface area contributed by atoms with E-state index in [4.69, 9.17) is 8.83 Å². The van der Waals surface area contributed by atoms with Crippen molar-refractivity contribution in [2.75, 3.05) is 4.90 Å². The maximum Gasteiger partial charge on any atom is 0.143 e. The van der Waals surface area contributed by atoms with Crippen LogP contribution in [0.3, 0.4) is 0 Å². The number of para-hydroxylation sites is 3. The number of hydrogen-bond acceptors (Lipinski definition) is 3. The largest absolute Gasteiger partial charge is 0.456 e. The summed E-state index contributed by atoms with van der Waals surface area (Å²) in [6, 6.07) is 75.8. The molecule has 12 rings (SSSR count). The molecular weight excluding hydrogens is 719 g/mol. The van der Waals surface area contributed by atoms with E-state index in [-0.39, 0.29) is 0 Å². The van der Waals surface area contributed by atoms with Gasteiger partial charge in [-0.05, 0) is 98.6 Å². The van der Waals surface area contributed by atoms with Crippen molar-refractivity contribution < 1.29 is 8.83 Å². The molecule has 0 aliphatic carbocycles. The number of benzene rings is 10. The van der Waals surface area contributed by atoms with Crippen molar-refractivity contribution >= 4 is 82.5 Å². The molecule has 10 aromatic carbocycles. The van der Waals surface area contributed by atoms with Gasteiger partial charge in [-0.15, -0.1) is 0 Å². The van der Waals surface area contributed by atoms with E-state index < -0.39 is 0 Å². The number of rotatable bonds is 6. The molecule has 12 aromatic rings. The Kier molecular flexibility index (Phi) is 7.54. The lowest BCUT2D eigenvalue weighted by Gasteiger charge is -2.28. The summed E-state index contributed by atoms with van der Waals surface area (Å²) in [5.74, 6) is 0. The molecule has 2 aromatic heterocycles. The molecule has 0 aliphatic heterocycles. The minimum absolute atomic E-state index is 0.902. The minimum Gasteiger partial charge on any atom is -0.456 e. The fraction of sp³-hybridized carbons (Fsp3) is 0. The molecule has 0 bridgehead atoms. The van der Waals surface area contributed by atoms with Crippen LogP contribution in [0.15, 0.2) is 221 Å². The first-order valence-electron chi connectivity index (χ1n) is 20.1. The van der Waals surface area contributed by atoms with Crippen LogP contribution in [0.1, 0.15) is 0 Å². The third kappa shape index (κ3) is 5.44. The summed E-state index contributed by atoms with van der Waals surface area (Å²) in [5, 5.41) is 9.32. The second-order valence-electron chi connectivity index (χ2n) is 15.2. The number of hydrogen-bond donors (Lipinski definition) is 0. The van der Waals surface area contributed by atoms with Crippen LogP contribution in [-0.2, 0) is 0 Å². The predicted octanol–water partition coefficient (Wildman–Crippen LogP) is 16.3. The minimum atomic E-state index is 0.902. The summed E-state index contributed by atoms with van der Waals surface area (Å²) in [6.07, 6.45) is 0. The van der Waals surface area contributed by atoms with E-state index in [1.54, 1.807) is 0 Å². The van der Waals surface area contributed by atoms with E-state index in [1.807, 2.05) is 24.3 Å². The van der Waals surface area contributed by atoms with E-state index in [2.05, 4.69) is 193 Å². The monoisotopic (exact) mass is 753 g/mol. The van der Waals surface area contributed by atoms with Crippen molar-refractivity contribution in [3.63, 3.8) is 0 Å². The molecule has 3 heteroatoms. The Hall–Kier alpha value is -7.88. The fourth-order valence-electron chi connectivity index (χ4n) is 9.08. The molecule has 0 saturated heterocycles. The van der Waals surface area contributed by atoms with Gasteiger partial charge in [-0.25, -0.2) is 0 Å². The van der Waals surface area contributed by atoms with Gasteiger partial charge in [0.05, 0.1) is 5.69 Å². The highest BCUT2D eigenvalue weighted by atomic mass is 16.3. The van der Waals surface area contributed by atoms with Gasteiger partial charge >= 0.3 is 0 Å². The van der Waals surface area contributed by atoms with Crippen LogP contribution < -0.4 is 4.90 Å². The van der Waals surface area contributed by atoms with Gasteiger partial charge in [0, 0.05) is 43.9 Å². The molecule has 0 radical (unpaired) electrons.